The molecule has 0 amide bonds. The number of benzene rings is 3. The van der Waals surface area contributed by atoms with E-state index in [-0.39, 0.29) is 0 Å². The fraction of sp³-hybridized carbons (Fsp3) is 0.162. The van der Waals surface area contributed by atoms with Gasteiger partial charge in [0.15, 0.2) is 0 Å². The van der Waals surface area contributed by atoms with Gasteiger partial charge < -0.3 is 9.13 Å². The molecule has 3 nitrogen and oxygen atoms in total. The number of rotatable bonds is 3. The summed E-state index contributed by atoms with van der Waals surface area (Å²) in [6, 6.07) is 26.2. The van der Waals surface area contributed by atoms with Crippen molar-refractivity contribution in [3.05, 3.63) is 124 Å². The summed E-state index contributed by atoms with van der Waals surface area (Å²) in [6.07, 6.45) is 20.2. The molecule has 0 saturated carbocycles. The minimum Gasteiger partial charge on any atom is -0.313 e. The topological polar surface area (TPSA) is 33.6 Å². The monoisotopic (exact) mass is 515 g/mol. The number of nitriles is 1. The Morgan fingerprint density at radius 3 is 2.25 bits per heavy atom. The normalized spacial score (nSPS) is 15.1. The maximum Gasteiger partial charge on any atom is 0.0992 e. The molecular weight excluding hydrogens is 486 g/mol. The average Bonchev–Trinajstić information content (AvgIpc) is 3.54. The van der Waals surface area contributed by atoms with Crippen LogP contribution in [-0.4, -0.2) is 9.13 Å². The molecule has 3 aromatic carbocycles. The van der Waals surface area contributed by atoms with Crippen LogP contribution in [0.3, 0.4) is 0 Å². The van der Waals surface area contributed by atoms with E-state index >= 15 is 0 Å². The van der Waals surface area contributed by atoms with E-state index in [0.29, 0.717) is 5.56 Å². The highest BCUT2D eigenvalue weighted by Crippen LogP contribution is 2.38. The minimum absolute atomic E-state index is 0.674. The first-order chi connectivity index (χ1) is 19.8. The largest absolute Gasteiger partial charge is 0.313 e. The van der Waals surface area contributed by atoms with Crippen LogP contribution < -0.4 is 0 Å². The Kier molecular flexibility index (Phi) is 5.28. The van der Waals surface area contributed by atoms with E-state index in [2.05, 4.69) is 106 Å². The van der Waals surface area contributed by atoms with Gasteiger partial charge in [-0.2, -0.15) is 5.26 Å². The molecular formula is C37H29N3. The number of hydrogen-bond acceptors (Lipinski definition) is 1. The lowest BCUT2D eigenvalue weighted by atomic mass is 9.96. The molecule has 0 atom stereocenters. The summed E-state index contributed by atoms with van der Waals surface area (Å²) >= 11 is 0. The average molecular weight is 516 g/mol. The molecule has 0 unspecified atom stereocenters. The van der Waals surface area contributed by atoms with Crippen molar-refractivity contribution < 1.29 is 0 Å². The lowest BCUT2D eigenvalue weighted by molar-refractivity contribution is 0.868. The van der Waals surface area contributed by atoms with Crippen molar-refractivity contribution in [2.45, 2.75) is 38.5 Å². The van der Waals surface area contributed by atoms with Gasteiger partial charge in [-0.05, 0) is 115 Å². The summed E-state index contributed by atoms with van der Waals surface area (Å²) < 4.78 is 4.81. The van der Waals surface area contributed by atoms with Gasteiger partial charge in [0.1, 0.15) is 0 Å². The Hall–Kier alpha value is -4.81. The van der Waals surface area contributed by atoms with Gasteiger partial charge in [-0.1, -0.05) is 54.6 Å². The zero-order valence-electron chi connectivity index (χ0n) is 22.4. The van der Waals surface area contributed by atoms with Gasteiger partial charge in [0.05, 0.1) is 17.1 Å². The van der Waals surface area contributed by atoms with Gasteiger partial charge in [0, 0.05) is 33.8 Å². The van der Waals surface area contributed by atoms with Gasteiger partial charge in [-0.3, -0.25) is 0 Å². The summed E-state index contributed by atoms with van der Waals surface area (Å²) in [5, 5.41) is 11.4. The molecule has 0 N–H and O–H groups in total. The molecule has 0 fully saturated rings. The molecule has 3 heteroatoms. The number of para-hydroxylation sites is 1. The fourth-order valence-electron chi connectivity index (χ4n) is 6.99. The smallest absolute Gasteiger partial charge is 0.0992 e. The molecule has 2 aromatic heterocycles. The number of aryl methyl sites for hydroxylation is 1. The van der Waals surface area contributed by atoms with Crippen molar-refractivity contribution in [1.82, 2.24) is 9.13 Å². The Labute approximate surface area is 234 Å². The third kappa shape index (κ3) is 3.50. The SMILES string of the molecule is N#Cc1cc(-c2cccc(-n3c4c(c5c3CCC=C5)CCC=C4)c2)cc(-n2c3c(c4ccccc42)CCC=C3)c1. The molecule has 0 saturated heterocycles. The van der Waals surface area contributed by atoms with E-state index in [0.717, 1.165) is 55.3 Å². The summed E-state index contributed by atoms with van der Waals surface area (Å²) in [5.41, 5.74) is 14.5. The van der Waals surface area contributed by atoms with Gasteiger partial charge in [-0.25, -0.2) is 0 Å². The maximum atomic E-state index is 10.1. The molecule has 0 spiro atoms. The van der Waals surface area contributed by atoms with Crippen molar-refractivity contribution in [1.29, 1.82) is 5.26 Å². The third-order valence-electron chi connectivity index (χ3n) is 8.72. The highest BCUT2D eigenvalue weighted by Gasteiger charge is 2.24. The third-order valence-corrected chi connectivity index (χ3v) is 8.72. The van der Waals surface area contributed by atoms with Crippen molar-refractivity contribution in [2.75, 3.05) is 0 Å². The predicted molar refractivity (Wildman–Crippen MR) is 165 cm³/mol. The molecule has 0 aliphatic heterocycles. The van der Waals surface area contributed by atoms with Gasteiger partial charge in [0.2, 0.25) is 0 Å². The molecule has 40 heavy (non-hydrogen) atoms. The maximum absolute atomic E-state index is 10.1. The first kappa shape index (κ1) is 23.1. The van der Waals surface area contributed by atoms with Crippen LogP contribution in [0.25, 0.3) is 51.6 Å². The van der Waals surface area contributed by atoms with Crippen molar-refractivity contribution >= 4 is 29.1 Å². The Morgan fingerprint density at radius 1 is 0.625 bits per heavy atom. The second kappa shape index (κ2) is 9.14. The summed E-state index contributed by atoms with van der Waals surface area (Å²) in [5.74, 6) is 0. The van der Waals surface area contributed by atoms with Gasteiger partial charge in [-0.15, -0.1) is 0 Å². The number of hydrogen-bond donors (Lipinski definition) is 0. The quantitative estimate of drug-likeness (QED) is 0.236. The van der Waals surface area contributed by atoms with Crippen LogP contribution >= 0.6 is 0 Å². The Morgan fingerprint density at radius 2 is 1.38 bits per heavy atom. The van der Waals surface area contributed by atoms with Crippen LogP contribution in [0, 0.1) is 11.3 Å². The minimum atomic E-state index is 0.674. The highest BCUT2D eigenvalue weighted by atomic mass is 15.0. The number of allylic oxidation sites excluding steroid dienone is 3. The van der Waals surface area contributed by atoms with E-state index in [9.17, 15) is 5.26 Å². The van der Waals surface area contributed by atoms with E-state index in [4.69, 9.17) is 0 Å². The Balaban J connectivity index is 1.31. The Bertz CT molecular complexity index is 1960. The van der Waals surface area contributed by atoms with Gasteiger partial charge in [0.25, 0.3) is 0 Å². The highest BCUT2D eigenvalue weighted by molar-refractivity contribution is 5.91. The molecule has 2 heterocycles. The number of nitrogens with zero attached hydrogens (tertiary/aromatic N) is 3. The van der Waals surface area contributed by atoms with Crippen LogP contribution in [0.1, 0.15) is 58.6 Å². The molecule has 3 aliphatic carbocycles. The van der Waals surface area contributed by atoms with Crippen molar-refractivity contribution in [3.8, 4) is 28.6 Å². The molecule has 5 aromatic rings. The van der Waals surface area contributed by atoms with E-state index in [1.807, 2.05) is 12.1 Å². The molecule has 0 bridgehead atoms. The molecule has 0 radical (unpaired) electrons. The number of aromatic nitrogens is 2. The predicted octanol–water partition coefficient (Wildman–Crippen LogP) is 8.84. The van der Waals surface area contributed by atoms with E-state index < -0.39 is 0 Å². The van der Waals surface area contributed by atoms with Crippen LogP contribution in [-0.2, 0) is 19.3 Å². The number of fused-ring (bicyclic) bond motifs is 6. The second-order valence-corrected chi connectivity index (χ2v) is 11.0. The zero-order chi connectivity index (χ0) is 26.6. The fourth-order valence-corrected chi connectivity index (χ4v) is 6.99. The lowest BCUT2D eigenvalue weighted by Crippen LogP contribution is -2.05. The van der Waals surface area contributed by atoms with Gasteiger partial charge >= 0.3 is 0 Å². The summed E-state index contributed by atoms with van der Waals surface area (Å²) in [7, 11) is 0. The molecule has 8 rings (SSSR count). The van der Waals surface area contributed by atoms with Crippen molar-refractivity contribution in [2.24, 2.45) is 0 Å². The second-order valence-electron chi connectivity index (χ2n) is 11.0. The summed E-state index contributed by atoms with van der Waals surface area (Å²) in [6.45, 7) is 0. The van der Waals surface area contributed by atoms with Crippen LogP contribution in [0.5, 0.6) is 0 Å². The van der Waals surface area contributed by atoms with Crippen LogP contribution in [0.4, 0.5) is 0 Å². The first-order valence-electron chi connectivity index (χ1n) is 14.3. The first-order valence-corrected chi connectivity index (χ1v) is 14.3. The van der Waals surface area contributed by atoms with E-state index in [1.165, 1.54) is 50.4 Å². The zero-order valence-corrected chi connectivity index (χ0v) is 22.4. The van der Waals surface area contributed by atoms with Crippen LogP contribution in [0.15, 0.2) is 85.0 Å². The van der Waals surface area contributed by atoms with Crippen molar-refractivity contribution in [3.63, 3.8) is 0 Å². The van der Waals surface area contributed by atoms with Crippen LogP contribution in [0.2, 0.25) is 0 Å². The van der Waals surface area contributed by atoms with E-state index in [1.54, 1.807) is 0 Å². The summed E-state index contributed by atoms with van der Waals surface area (Å²) in [4.78, 5) is 0. The lowest BCUT2D eigenvalue weighted by Gasteiger charge is -2.17. The molecule has 3 aliphatic rings. The standard InChI is InChI=1S/C37H29N3/c38-24-25-20-27(23-29(21-25)40-36-18-7-3-14-32(36)33-15-4-8-19-37(33)40)26-10-9-11-28(22-26)39-34-16-5-1-12-30(34)31-13-2-6-17-35(31)39/h1,3,6-12,14,17-23H,2,4-5,13,15-16H2. The molecule has 192 valence electrons.